The van der Waals surface area contributed by atoms with Crippen LogP contribution in [0.25, 0.3) is 16.7 Å². The Morgan fingerprint density at radius 1 is 1.17 bits per heavy atom. The van der Waals surface area contributed by atoms with Gasteiger partial charge in [0.25, 0.3) is 5.78 Å². The number of aryl methyl sites for hydroxylation is 1. The maximum Gasteiger partial charge on any atom is 0.403 e. The molecule has 0 atom stereocenters. The lowest BCUT2D eigenvalue weighted by atomic mass is 10.0. The molecule has 0 unspecified atom stereocenters. The summed E-state index contributed by atoms with van der Waals surface area (Å²) in [5.74, 6) is 5.43. The van der Waals surface area contributed by atoms with E-state index in [2.05, 4.69) is 37.3 Å². The number of benzene rings is 1. The zero-order valence-corrected chi connectivity index (χ0v) is 22.4. The molecule has 13 heteroatoms. The number of alkyl halides is 3. The van der Waals surface area contributed by atoms with Gasteiger partial charge in [-0.05, 0) is 57.7 Å². The molecular formula is C28H25F4N7O2. The third-order valence-corrected chi connectivity index (χ3v) is 7.40. The normalized spacial score (nSPS) is 16.6. The second-order valence-electron chi connectivity index (χ2n) is 10.7. The van der Waals surface area contributed by atoms with Crippen LogP contribution in [-0.4, -0.2) is 55.3 Å². The third-order valence-electron chi connectivity index (χ3n) is 7.40. The van der Waals surface area contributed by atoms with Gasteiger partial charge in [0.1, 0.15) is 28.6 Å². The van der Waals surface area contributed by atoms with E-state index < -0.39 is 28.9 Å². The van der Waals surface area contributed by atoms with Crippen LogP contribution < -0.4 is 10.2 Å². The van der Waals surface area contributed by atoms with Gasteiger partial charge in [-0.15, -0.1) is 10.2 Å². The van der Waals surface area contributed by atoms with E-state index in [-0.39, 0.29) is 31.4 Å². The van der Waals surface area contributed by atoms with Gasteiger partial charge in [0.15, 0.2) is 0 Å². The van der Waals surface area contributed by atoms with Crippen LogP contribution in [0, 0.1) is 30.0 Å². The number of aromatic nitrogens is 5. The Kier molecular flexibility index (Phi) is 6.15. The summed E-state index contributed by atoms with van der Waals surface area (Å²) < 4.78 is 63.1. The summed E-state index contributed by atoms with van der Waals surface area (Å²) >= 11 is 0. The molecule has 212 valence electrons. The van der Waals surface area contributed by atoms with Gasteiger partial charge in [-0.2, -0.15) is 18.2 Å². The smallest absolute Gasteiger partial charge is 0.375 e. The summed E-state index contributed by atoms with van der Waals surface area (Å²) in [6.07, 6.45) is -3.56. The minimum Gasteiger partial charge on any atom is -0.375 e. The van der Waals surface area contributed by atoms with Crippen LogP contribution in [0.5, 0.6) is 0 Å². The van der Waals surface area contributed by atoms with Crippen LogP contribution in [0.2, 0.25) is 0 Å². The number of pyridine rings is 1. The standard InChI is InChI=1S/C28H25F4N7O2/c1-16-36-37-25-34-23(22-18(29)5-4-6-21(22)39(16)25)38-13-14-41-15-17-19(33-12-8-20(17)38)7-9-26(2,3)35-24(40)27(10-11-27)28(30,31)32/h4-6,8,12H,10-11,13-15H2,1-3H3,(H,35,40). The molecule has 1 fully saturated rings. The van der Waals surface area contributed by atoms with Crippen molar-refractivity contribution in [1.82, 2.24) is 29.9 Å². The second-order valence-corrected chi connectivity index (χ2v) is 10.7. The van der Waals surface area contributed by atoms with Crippen molar-refractivity contribution in [2.45, 2.75) is 51.9 Å². The summed E-state index contributed by atoms with van der Waals surface area (Å²) in [5, 5.41) is 11.0. The lowest BCUT2D eigenvalue weighted by molar-refractivity contribution is -0.192. The van der Waals surface area contributed by atoms with Gasteiger partial charge in [-0.3, -0.25) is 9.20 Å². The lowest BCUT2D eigenvalue weighted by Crippen LogP contribution is -2.49. The largest absolute Gasteiger partial charge is 0.403 e. The molecule has 0 spiro atoms. The summed E-state index contributed by atoms with van der Waals surface area (Å²) in [6, 6.07) is 6.48. The minimum atomic E-state index is -4.62. The van der Waals surface area contributed by atoms with E-state index in [0.717, 1.165) is 0 Å². The number of halogens is 4. The predicted octanol–water partition coefficient (Wildman–Crippen LogP) is 4.38. The summed E-state index contributed by atoms with van der Waals surface area (Å²) in [5.41, 5.74) is -1.52. The fraction of sp³-hybridized carbons (Fsp3) is 0.393. The number of hydrogen-bond acceptors (Lipinski definition) is 7. The lowest BCUT2D eigenvalue weighted by Gasteiger charge is -2.26. The Bertz CT molecular complexity index is 1770. The average molecular weight is 568 g/mol. The maximum atomic E-state index is 15.4. The molecule has 3 aromatic heterocycles. The van der Waals surface area contributed by atoms with E-state index in [1.165, 1.54) is 26.1 Å². The van der Waals surface area contributed by atoms with Crippen LogP contribution >= 0.6 is 0 Å². The van der Waals surface area contributed by atoms with E-state index in [4.69, 9.17) is 4.74 Å². The highest BCUT2D eigenvalue weighted by molar-refractivity contribution is 5.94. The number of nitrogens with zero attached hydrogens (tertiary/aromatic N) is 6. The molecule has 1 N–H and O–H groups in total. The highest BCUT2D eigenvalue weighted by atomic mass is 19.4. The Labute approximate surface area is 231 Å². The first kappa shape index (κ1) is 26.9. The average Bonchev–Trinajstić information content (AvgIpc) is 3.69. The molecule has 2 aliphatic rings. The first-order valence-electron chi connectivity index (χ1n) is 13.0. The van der Waals surface area contributed by atoms with Crippen molar-refractivity contribution in [3.63, 3.8) is 0 Å². The van der Waals surface area contributed by atoms with Crippen LogP contribution in [0.15, 0.2) is 30.5 Å². The second kappa shape index (κ2) is 9.37. The van der Waals surface area contributed by atoms with Crippen molar-refractivity contribution < 1.29 is 27.1 Å². The van der Waals surface area contributed by atoms with Gasteiger partial charge in [0.2, 0.25) is 5.91 Å². The summed E-state index contributed by atoms with van der Waals surface area (Å²) in [7, 11) is 0. The molecule has 0 saturated heterocycles. The van der Waals surface area contributed by atoms with Gasteiger partial charge in [0, 0.05) is 18.3 Å². The molecule has 4 heterocycles. The summed E-state index contributed by atoms with van der Waals surface area (Å²) in [4.78, 5) is 23.4. The molecule has 6 rings (SSSR count). The maximum absolute atomic E-state index is 15.4. The van der Waals surface area contributed by atoms with Crippen LogP contribution in [0.4, 0.5) is 29.1 Å². The molecule has 1 aromatic carbocycles. The molecule has 0 radical (unpaired) electrons. The SMILES string of the molecule is Cc1nnc2nc(N3CCOCc4c3ccnc4C#CC(C)(C)NC(=O)C3(C(F)(F)F)CC3)c3c(F)cccc3n12. The summed E-state index contributed by atoms with van der Waals surface area (Å²) in [6.45, 7) is 5.59. The van der Waals surface area contributed by atoms with E-state index in [0.29, 0.717) is 46.4 Å². The topological polar surface area (TPSA) is 97.5 Å². The molecule has 1 aliphatic carbocycles. The predicted molar refractivity (Wildman–Crippen MR) is 141 cm³/mol. The fourth-order valence-corrected chi connectivity index (χ4v) is 5.04. The van der Waals surface area contributed by atoms with E-state index in [1.54, 1.807) is 29.5 Å². The Morgan fingerprint density at radius 2 is 1.95 bits per heavy atom. The van der Waals surface area contributed by atoms with E-state index in [1.807, 2.05) is 4.90 Å². The van der Waals surface area contributed by atoms with Crippen molar-refractivity contribution in [3.8, 4) is 11.8 Å². The number of ether oxygens (including phenoxy) is 1. The first-order chi connectivity index (χ1) is 19.4. The number of anilines is 2. The van der Waals surface area contributed by atoms with Crippen molar-refractivity contribution in [1.29, 1.82) is 0 Å². The third kappa shape index (κ3) is 4.52. The van der Waals surface area contributed by atoms with Crippen LogP contribution in [-0.2, 0) is 16.1 Å². The van der Waals surface area contributed by atoms with Crippen molar-refractivity contribution in [3.05, 3.63) is 53.4 Å². The van der Waals surface area contributed by atoms with Gasteiger partial charge < -0.3 is 15.0 Å². The number of rotatable bonds is 3. The number of fused-ring (bicyclic) bond motifs is 4. The zero-order valence-electron chi connectivity index (χ0n) is 22.4. The van der Waals surface area contributed by atoms with Gasteiger partial charge in [0.05, 0.1) is 35.3 Å². The Balaban J connectivity index is 1.40. The van der Waals surface area contributed by atoms with E-state index >= 15 is 4.39 Å². The highest BCUT2D eigenvalue weighted by Crippen LogP contribution is 2.57. The monoisotopic (exact) mass is 567 g/mol. The molecule has 1 amide bonds. The minimum absolute atomic E-state index is 0.139. The number of nitrogens with one attached hydrogen (secondary N) is 1. The van der Waals surface area contributed by atoms with Gasteiger partial charge >= 0.3 is 6.18 Å². The Hall–Kier alpha value is -4.31. The van der Waals surface area contributed by atoms with Crippen LogP contribution in [0.1, 0.15) is 43.8 Å². The molecule has 1 aliphatic heterocycles. The molecular weight excluding hydrogens is 542 g/mol. The number of carbonyl (C=O) groups excluding carboxylic acids is 1. The molecule has 0 bridgehead atoms. The highest BCUT2D eigenvalue weighted by Gasteiger charge is 2.68. The number of carbonyl (C=O) groups is 1. The number of hydrogen-bond donors (Lipinski definition) is 1. The fourth-order valence-electron chi connectivity index (χ4n) is 5.04. The van der Waals surface area contributed by atoms with Crippen molar-refractivity contribution in [2.75, 3.05) is 18.1 Å². The van der Waals surface area contributed by atoms with Gasteiger partial charge in [-0.25, -0.2) is 9.37 Å². The molecule has 9 nitrogen and oxygen atoms in total. The first-order valence-corrected chi connectivity index (χ1v) is 13.0. The van der Waals surface area contributed by atoms with Crippen molar-refractivity contribution in [2.24, 2.45) is 5.41 Å². The quantitative estimate of drug-likeness (QED) is 0.290. The molecule has 4 aromatic rings. The Morgan fingerprint density at radius 3 is 2.68 bits per heavy atom. The van der Waals surface area contributed by atoms with Crippen molar-refractivity contribution >= 4 is 34.1 Å². The van der Waals surface area contributed by atoms with Gasteiger partial charge in [-0.1, -0.05) is 12.0 Å². The molecule has 41 heavy (non-hydrogen) atoms. The zero-order chi connectivity index (χ0) is 29.2. The number of amides is 1. The van der Waals surface area contributed by atoms with Crippen LogP contribution in [0.3, 0.4) is 0 Å². The van der Waals surface area contributed by atoms with E-state index in [9.17, 15) is 18.0 Å². The molecule has 1 saturated carbocycles.